The summed E-state index contributed by atoms with van der Waals surface area (Å²) in [7, 11) is 0. The van der Waals surface area contributed by atoms with Gasteiger partial charge in [0.1, 0.15) is 5.41 Å². The molecule has 0 aromatic heterocycles. The zero-order valence-corrected chi connectivity index (χ0v) is 14.0. The van der Waals surface area contributed by atoms with Crippen molar-refractivity contribution >= 4 is 5.57 Å². The van der Waals surface area contributed by atoms with Gasteiger partial charge in [-0.25, -0.2) is 0 Å². The third-order valence-corrected chi connectivity index (χ3v) is 5.29. The maximum atomic E-state index is 9.85. The summed E-state index contributed by atoms with van der Waals surface area (Å²) in [4.78, 5) is 0. The molecule has 1 heteroatoms. The van der Waals surface area contributed by atoms with E-state index in [1.807, 2.05) is 6.07 Å². The Hall–Kier alpha value is -2.07. The van der Waals surface area contributed by atoms with Crippen LogP contribution in [0.2, 0.25) is 0 Å². The lowest BCUT2D eigenvalue weighted by atomic mass is 9.69. The smallest absolute Gasteiger partial charge is 0.100 e. The Morgan fingerprint density at radius 1 is 1.22 bits per heavy atom. The van der Waals surface area contributed by atoms with Gasteiger partial charge < -0.3 is 0 Å². The molecule has 2 aliphatic carbocycles. The molecule has 118 valence electrons. The lowest BCUT2D eigenvalue weighted by Crippen LogP contribution is -2.23. The first-order chi connectivity index (χ1) is 11.3. The summed E-state index contributed by atoms with van der Waals surface area (Å²) in [5.41, 5.74) is 3.40. The van der Waals surface area contributed by atoms with Crippen molar-refractivity contribution in [2.24, 2.45) is 11.3 Å². The zero-order chi connectivity index (χ0) is 16.1. The van der Waals surface area contributed by atoms with E-state index in [-0.39, 0.29) is 0 Å². The largest absolute Gasteiger partial charge is 0.197 e. The molecule has 2 atom stereocenters. The molecule has 0 fully saturated rings. The van der Waals surface area contributed by atoms with Crippen molar-refractivity contribution in [3.05, 3.63) is 65.8 Å². The minimum atomic E-state index is -0.407. The predicted molar refractivity (Wildman–Crippen MR) is 96.6 cm³/mol. The lowest BCUT2D eigenvalue weighted by Gasteiger charge is -2.32. The van der Waals surface area contributed by atoms with Crippen LogP contribution >= 0.6 is 0 Å². The van der Waals surface area contributed by atoms with Gasteiger partial charge in [0.2, 0.25) is 0 Å². The number of hydrogen-bond donors (Lipinski definition) is 0. The van der Waals surface area contributed by atoms with Gasteiger partial charge in [0, 0.05) is 0 Å². The second-order valence-electron chi connectivity index (χ2n) is 6.80. The first-order valence-corrected chi connectivity index (χ1v) is 8.83. The average Bonchev–Trinajstić information content (AvgIpc) is 2.63. The molecule has 3 rings (SSSR count). The van der Waals surface area contributed by atoms with E-state index in [0.29, 0.717) is 0 Å². The van der Waals surface area contributed by atoms with E-state index < -0.39 is 5.41 Å². The maximum Gasteiger partial charge on any atom is 0.100 e. The number of rotatable bonds is 4. The standard InChI is InChI=1S/C22H25N/c1-2-6-18-9-11-21(12-10-18)22(17-23)15-13-20(14-16-22)19-7-4-3-5-8-19/h3-5,7-8,11,13-15,18H,2,6,9-10,12,16H2,1H3. The molecule has 0 spiro atoms. The molecular formula is C22H25N. The highest BCUT2D eigenvalue weighted by molar-refractivity contribution is 5.76. The molecule has 0 saturated heterocycles. The molecule has 1 aromatic rings. The number of nitriles is 1. The van der Waals surface area contributed by atoms with E-state index in [4.69, 9.17) is 0 Å². The quantitative estimate of drug-likeness (QED) is 0.620. The summed E-state index contributed by atoms with van der Waals surface area (Å²) in [6.07, 6.45) is 15.7. The molecular weight excluding hydrogens is 278 g/mol. The molecule has 0 bridgehead atoms. The van der Waals surface area contributed by atoms with Crippen LogP contribution in [0.1, 0.15) is 51.0 Å². The van der Waals surface area contributed by atoms with Crippen molar-refractivity contribution in [2.75, 3.05) is 0 Å². The van der Waals surface area contributed by atoms with Gasteiger partial charge in [-0.1, -0.05) is 74.4 Å². The first kappa shape index (κ1) is 15.8. The Kier molecular flexibility index (Phi) is 4.82. The third kappa shape index (κ3) is 3.32. The zero-order valence-electron chi connectivity index (χ0n) is 14.0. The fraction of sp³-hybridized carbons (Fsp3) is 0.409. The monoisotopic (exact) mass is 303 g/mol. The van der Waals surface area contributed by atoms with Crippen molar-refractivity contribution in [1.82, 2.24) is 0 Å². The highest BCUT2D eigenvalue weighted by Crippen LogP contribution is 2.43. The van der Waals surface area contributed by atoms with E-state index in [1.165, 1.54) is 36.0 Å². The van der Waals surface area contributed by atoms with E-state index in [1.54, 1.807) is 0 Å². The molecule has 0 aliphatic heterocycles. The molecule has 23 heavy (non-hydrogen) atoms. The summed E-state index contributed by atoms with van der Waals surface area (Å²) in [6, 6.07) is 13.0. The molecule has 2 aliphatic rings. The van der Waals surface area contributed by atoms with E-state index in [2.05, 4.69) is 61.6 Å². The van der Waals surface area contributed by atoms with Crippen molar-refractivity contribution in [3.8, 4) is 6.07 Å². The Morgan fingerprint density at radius 2 is 2.04 bits per heavy atom. The van der Waals surface area contributed by atoms with Gasteiger partial charge in [0.25, 0.3) is 0 Å². The van der Waals surface area contributed by atoms with Crippen LogP contribution in [-0.4, -0.2) is 0 Å². The number of allylic oxidation sites excluding steroid dienone is 6. The second kappa shape index (κ2) is 7.01. The molecule has 1 aromatic carbocycles. The average molecular weight is 303 g/mol. The highest BCUT2D eigenvalue weighted by Gasteiger charge is 2.34. The lowest BCUT2D eigenvalue weighted by molar-refractivity contribution is 0.407. The van der Waals surface area contributed by atoms with Crippen LogP contribution in [0, 0.1) is 22.7 Å². The van der Waals surface area contributed by atoms with Gasteiger partial charge in [0.15, 0.2) is 0 Å². The molecule has 2 unspecified atom stereocenters. The van der Waals surface area contributed by atoms with Gasteiger partial charge in [-0.15, -0.1) is 0 Å². The predicted octanol–water partition coefficient (Wildman–Crippen LogP) is 6.07. The van der Waals surface area contributed by atoms with Crippen molar-refractivity contribution in [1.29, 1.82) is 5.26 Å². The van der Waals surface area contributed by atoms with Crippen LogP contribution < -0.4 is 0 Å². The van der Waals surface area contributed by atoms with Gasteiger partial charge in [0.05, 0.1) is 6.07 Å². The Morgan fingerprint density at radius 3 is 2.61 bits per heavy atom. The number of nitrogens with zero attached hydrogens (tertiary/aromatic N) is 1. The summed E-state index contributed by atoms with van der Waals surface area (Å²) in [6.45, 7) is 2.26. The fourth-order valence-corrected chi connectivity index (χ4v) is 3.84. The van der Waals surface area contributed by atoms with Gasteiger partial charge in [-0.05, 0) is 48.3 Å². The van der Waals surface area contributed by atoms with Crippen LogP contribution in [0.3, 0.4) is 0 Å². The van der Waals surface area contributed by atoms with Crippen molar-refractivity contribution < 1.29 is 0 Å². The minimum absolute atomic E-state index is 0.407. The molecule has 0 amide bonds. The van der Waals surface area contributed by atoms with Crippen molar-refractivity contribution in [3.63, 3.8) is 0 Å². The van der Waals surface area contributed by atoms with Crippen LogP contribution in [0.15, 0.2) is 60.2 Å². The van der Waals surface area contributed by atoms with Crippen LogP contribution in [-0.2, 0) is 0 Å². The van der Waals surface area contributed by atoms with E-state index in [9.17, 15) is 5.26 Å². The van der Waals surface area contributed by atoms with Crippen molar-refractivity contribution in [2.45, 2.75) is 45.4 Å². The van der Waals surface area contributed by atoms with Crippen LogP contribution in [0.25, 0.3) is 5.57 Å². The normalized spacial score (nSPS) is 27.0. The summed E-state index contributed by atoms with van der Waals surface area (Å²) < 4.78 is 0. The SMILES string of the molecule is CCCC1CC=C(C2(C#N)C=CC(c3ccccc3)=CC2)CC1. The Balaban J connectivity index is 1.77. The molecule has 0 N–H and O–H groups in total. The molecule has 0 heterocycles. The Labute approximate surface area is 140 Å². The van der Waals surface area contributed by atoms with E-state index >= 15 is 0 Å². The third-order valence-electron chi connectivity index (χ3n) is 5.29. The first-order valence-electron chi connectivity index (χ1n) is 8.83. The molecule has 1 nitrogen and oxygen atoms in total. The highest BCUT2D eigenvalue weighted by atomic mass is 14.4. The Bertz CT molecular complexity index is 672. The van der Waals surface area contributed by atoms with E-state index in [0.717, 1.165) is 25.2 Å². The number of benzene rings is 1. The van der Waals surface area contributed by atoms with Crippen LogP contribution in [0.5, 0.6) is 0 Å². The number of hydrogen-bond acceptors (Lipinski definition) is 1. The summed E-state index contributed by atoms with van der Waals surface area (Å²) in [5, 5.41) is 9.85. The second-order valence-corrected chi connectivity index (χ2v) is 6.80. The van der Waals surface area contributed by atoms with Gasteiger partial charge >= 0.3 is 0 Å². The van der Waals surface area contributed by atoms with Gasteiger partial charge in [-0.3, -0.25) is 0 Å². The van der Waals surface area contributed by atoms with Gasteiger partial charge in [-0.2, -0.15) is 5.26 Å². The molecule has 0 radical (unpaired) electrons. The fourth-order valence-electron chi connectivity index (χ4n) is 3.84. The topological polar surface area (TPSA) is 23.8 Å². The maximum absolute atomic E-state index is 9.85. The van der Waals surface area contributed by atoms with Crippen LogP contribution in [0.4, 0.5) is 0 Å². The summed E-state index contributed by atoms with van der Waals surface area (Å²) in [5.74, 6) is 0.822. The minimum Gasteiger partial charge on any atom is -0.197 e. The summed E-state index contributed by atoms with van der Waals surface area (Å²) >= 11 is 0. The molecule has 0 saturated carbocycles.